The first-order valence-corrected chi connectivity index (χ1v) is 5.43. The van der Waals surface area contributed by atoms with Gasteiger partial charge in [-0.2, -0.15) is 5.10 Å². The van der Waals surface area contributed by atoms with Crippen molar-refractivity contribution in [2.75, 3.05) is 14.2 Å². The number of hydrogen-bond acceptors (Lipinski definition) is 5. The third-order valence-electron chi connectivity index (χ3n) is 2.20. The third kappa shape index (κ3) is 2.60. The topological polar surface area (TPSA) is 61.5 Å². The molecule has 0 amide bonds. The fourth-order valence-corrected chi connectivity index (χ4v) is 1.70. The maximum absolute atomic E-state index is 6.08. The van der Waals surface area contributed by atoms with E-state index in [1.54, 1.807) is 25.5 Å². The Morgan fingerprint density at radius 2 is 1.94 bits per heavy atom. The molecule has 0 saturated carbocycles. The van der Waals surface area contributed by atoms with Crippen molar-refractivity contribution in [3.05, 3.63) is 35.4 Å². The molecule has 0 fully saturated rings. The Morgan fingerprint density at radius 1 is 1.22 bits per heavy atom. The summed E-state index contributed by atoms with van der Waals surface area (Å²) < 4.78 is 11.8. The second-order valence-corrected chi connectivity index (χ2v) is 3.73. The van der Waals surface area contributed by atoms with Crippen LogP contribution in [0.2, 0.25) is 5.02 Å². The molecule has 0 aliphatic carbocycles. The SMILES string of the molecule is COc1cc(/C=N/n2cnnc2)cc(Cl)c1OC. The Hall–Kier alpha value is -2.08. The van der Waals surface area contributed by atoms with Crippen molar-refractivity contribution >= 4 is 17.8 Å². The number of halogens is 1. The molecule has 0 saturated heterocycles. The standard InChI is InChI=1S/C11H11ClN4O2/c1-17-10-4-8(3-9(12)11(10)18-2)5-15-16-6-13-14-7-16/h3-7H,1-2H3/b15-5+. The molecule has 1 aromatic carbocycles. The van der Waals surface area contributed by atoms with Gasteiger partial charge in [-0.15, -0.1) is 10.2 Å². The van der Waals surface area contributed by atoms with Crippen LogP contribution in [0, 0.1) is 0 Å². The molecular weight excluding hydrogens is 256 g/mol. The Kier molecular flexibility index (Phi) is 3.78. The molecule has 0 unspecified atom stereocenters. The lowest BCUT2D eigenvalue weighted by Crippen LogP contribution is -1.94. The number of benzene rings is 1. The molecule has 6 nitrogen and oxygen atoms in total. The number of aromatic nitrogens is 3. The van der Waals surface area contributed by atoms with E-state index in [0.29, 0.717) is 16.5 Å². The molecule has 94 valence electrons. The average molecular weight is 267 g/mol. The summed E-state index contributed by atoms with van der Waals surface area (Å²) in [7, 11) is 3.09. The highest BCUT2D eigenvalue weighted by Gasteiger charge is 2.09. The summed E-state index contributed by atoms with van der Waals surface area (Å²) in [5.41, 5.74) is 0.784. The van der Waals surface area contributed by atoms with E-state index in [9.17, 15) is 0 Å². The van der Waals surface area contributed by atoms with Crippen molar-refractivity contribution < 1.29 is 9.47 Å². The molecule has 2 rings (SSSR count). The van der Waals surface area contributed by atoms with E-state index in [-0.39, 0.29) is 0 Å². The first kappa shape index (κ1) is 12.4. The Labute approximate surface area is 109 Å². The van der Waals surface area contributed by atoms with Crippen molar-refractivity contribution in [3.8, 4) is 11.5 Å². The van der Waals surface area contributed by atoms with Gasteiger partial charge < -0.3 is 9.47 Å². The Bertz CT molecular complexity index is 554. The Morgan fingerprint density at radius 3 is 2.56 bits per heavy atom. The zero-order chi connectivity index (χ0) is 13.0. The van der Waals surface area contributed by atoms with Crippen LogP contribution in [0.5, 0.6) is 11.5 Å². The molecule has 0 spiro atoms. The van der Waals surface area contributed by atoms with Crippen LogP contribution >= 0.6 is 11.6 Å². The van der Waals surface area contributed by atoms with Crippen LogP contribution in [0.25, 0.3) is 0 Å². The first-order valence-electron chi connectivity index (χ1n) is 5.05. The number of ether oxygens (including phenoxy) is 2. The van der Waals surface area contributed by atoms with E-state index in [1.807, 2.05) is 0 Å². The lowest BCUT2D eigenvalue weighted by atomic mass is 10.2. The van der Waals surface area contributed by atoms with Gasteiger partial charge in [-0.25, -0.2) is 4.68 Å². The minimum absolute atomic E-state index is 0.460. The van der Waals surface area contributed by atoms with E-state index in [0.717, 1.165) is 5.56 Å². The quantitative estimate of drug-likeness (QED) is 0.792. The number of hydrogen-bond donors (Lipinski definition) is 0. The molecule has 0 N–H and O–H groups in total. The monoisotopic (exact) mass is 266 g/mol. The summed E-state index contributed by atoms with van der Waals surface area (Å²) in [6, 6.07) is 3.51. The van der Waals surface area contributed by atoms with Crippen LogP contribution in [0.3, 0.4) is 0 Å². The largest absolute Gasteiger partial charge is 0.493 e. The second-order valence-electron chi connectivity index (χ2n) is 3.32. The highest BCUT2D eigenvalue weighted by Crippen LogP contribution is 2.35. The predicted octanol–water partition coefficient (Wildman–Crippen LogP) is 1.83. The van der Waals surface area contributed by atoms with E-state index < -0.39 is 0 Å². The van der Waals surface area contributed by atoms with Crippen LogP contribution in [0.4, 0.5) is 0 Å². The average Bonchev–Trinajstić information content (AvgIpc) is 2.88. The molecule has 0 radical (unpaired) electrons. The first-order chi connectivity index (χ1) is 8.74. The zero-order valence-electron chi connectivity index (χ0n) is 9.87. The lowest BCUT2D eigenvalue weighted by Gasteiger charge is -2.09. The highest BCUT2D eigenvalue weighted by atomic mass is 35.5. The van der Waals surface area contributed by atoms with Crippen molar-refractivity contribution in [1.82, 2.24) is 14.9 Å². The van der Waals surface area contributed by atoms with Gasteiger partial charge in [-0.05, 0) is 17.7 Å². The van der Waals surface area contributed by atoms with Gasteiger partial charge in [0, 0.05) is 0 Å². The van der Waals surface area contributed by atoms with Crippen molar-refractivity contribution in [2.24, 2.45) is 5.10 Å². The van der Waals surface area contributed by atoms with Crippen molar-refractivity contribution in [1.29, 1.82) is 0 Å². The van der Waals surface area contributed by atoms with Gasteiger partial charge in [0.1, 0.15) is 12.7 Å². The maximum atomic E-state index is 6.08. The van der Waals surface area contributed by atoms with Crippen molar-refractivity contribution in [2.45, 2.75) is 0 Å². The minimum Gasteiger partial charge on any atom is -0.493 e. The van der Waals surface area contributed by atoms with Gasteiger partial charge in [0.25, 0.3) is 0 Å². The summed E-state index contributed by atoms with van der Waals surface area (Å²) in [6.45, 7) is 0. The Balaban J connectivity index is 2.32. The smallest absolute Gasteiger partial charge is 0.179 e. The van der Waals surface area contributed by atoms with Gasteiger partial charge in [0.05, 0.1) is 25.5 Å². The molecule has 0 bridgehead atoms. The van der Waals surface area contributed by atoms with Crippen LogP contribution in [-0.2, 0) is 0 Å². The van der Waals surface area contributed by atoms with Crippen LogP contribution < -0.4 is 9.47 Å². The van der Waals surface area contributed by atoms with Gasteiger partial charge in [0.15, 0.2) is 11.5 Å². The summed E-state index contributed by atoms with van der Waals surface area (Å²) in [5.74, 6) is 1.05. The number of methoxy groups -OCH3 is 2. The molecule has 1 heterocycles. The lowest BCUT2D eigenvalue weighted by molar-refractivity contribution is 0.355. The molecule has 0 atom stereocenters. The van der Waals surface area contributed by atoms with Gasteiger partial charge in [0.2, 0.25) is 0 Å². The van der Waals surface area contributed by atoms with Gasteiger partial charge in [-0.3, -0.25) is 0 Å². The van der Waals surface area contributed by atoms with Gasteiger partial charge >= 0.3 is 0 Å². The van der Waals surface area contributed by atoms with E-state index in [2.05, 4.69) is 15.3 Å². The molecule has 0 aliphatic rings. The molecular formula is C11H11ClN4O2. The van der Waals surface area contributed by atoms with Crippen LogP contribution in [-0.4, -0.2) is 35.3 Å². The summed E-state index contributed by atoms with van der Waals surface area (Å²) in [6.07, 6.45) is 4.59. The summed E-state index contributed by atoms with van der Waals surface area (Å²) in [4.78, 5) is 0. The molecule has 18 heavy (non-hydrogen) atoms. The summed E-state index contributed by atoms with van der Waals surface area (Å²) in [5, 5.41) is 11.9. The maximum Gasteiger partial charge on any atom is 0.179 e. The fraction of sp³-hybridized carbons (Fsp3) is 0.182. The minimum atomic E-state index is 0.460. The van der Waals surface area contributed by atoms with Crippen molar-refractivity contribution in [3.63, 3.8) is 0 Å². The molecule has 0 aliphatic heterocycles. The van der Waals surface area contributed by atoms with E-state index in [4.69, 9.17) is 21.1 Å². The number of rotatable bonds is 4. The summed E-state index contributed by atoms with van der Waals surface area (Å²) >= 11 is 6.08. The van der Waals surface area contributed by atoms with E-state index >= 15 is 0 Å². The fourth-order valence-electron chi connectivity index (χ4n) is 1.40. The van der Waals surface area contributed by atoms with Gasteiger partial charge in [-0.1, -0.05) is 11.6 Å². The highest BCUT2D eigenvalue weighted by molar-refractivity contribution is 6.32. The zero-order valence-corrected chi connectivity index (χ0v) is 10.6. The third-order valence-corrected chi connectivity index (χ3v) is 2.48. The number of nitrogens with zero attached hydrogens (tertiary/aromatic N) is 4. The molecule has 1 aromatic heterocycles. The predicted molar refractivity (Wildman–Crippen MR) is 67.6 cm³/mol. The van der Waals surface area contributed by atoms with Crippen LogP contribution in [0.15, 0.2) is 29.9 Å². The molecule has 2 aromatic rings. The van der Waals surface area contributed by atoms with E-state index in [1.165, 1.54) is 24.4 Å². The van der Waals surface area contributed by atoms with Crippen LogP contribution in [0.1, 0.15) is 5.56 Å². The normalized spacial score (nSPS) is 10.8. The second kappa shape index (κ2) is 5.50. The molecule has 7 heteroatoms.